The summed E-state index contributed by atoms with van der Waals surface area (Å²) in [5, 5.41) is 3.19. The zero-order valence-electron chi connectivity index (χ0n) is 9.13. The van der Waals surface area contributed by atoms with Crippen molar-refractivity contribution in [2.45, 2.75) is 43.5 Å². The second-order valence-corrected chi connectivity index (χ2v) is 4.80. The molecule has 16 heavy (non-hydrogen) atoms. The Labute approximate surface area is 100 Å². The van der Waals surface area contributed by atoms with Gasteiger partial charge in [0.2, 0.25) is 0 Å². The molecule has 2 rings (SSSR count). The average molecular weight is 243 g/mol. The van der Waals surface area contributed by atoms with Gasteiger partial charge in [-0.05, 0) is 25.0 Å². The van der Waals surface area contributed by atoms with E-state index in [1.807, 2.05) is 0 Å². The molecule has 1 aliphatic carbocycles. The van der Waals surface area contributed by atoms with Crippen LogP contribution < -0.4 is 5.32 Å². The number of rotatable bonds is 2. The lowest BCUT2D eigenvalue weighted by Crippen LogP contribution is -2.29. The third-order valence-corrected chi connectivity index (χ3v) is 3.53. The van der Waals surface area contributed by atoms with Crippen LogP contribution in [0.5, 0.6) is 0 Å². The normalized spacial score (nSPS) is 26.1. The first-order chi connectivity index (χ1) is 7.77. The molecule has 88 valence electrons. The molecule has 2 nitrogen and oxygen atoms in total. The molecule has 1 aromatic heterocycles. The maximum Gasteiger partial charge on any atom is 0.165 e. The zero-order valence-corrected chi connectivity index (χ0v) is 9.88. The lowest BCUT2D eigenvalue weighted by molar-refractivity contribution is 0.595. The number of nitrogens with one attached hydrogen (secondary N) is 1. The third kappa shape index (κ3) is 2.85. The fourth-order valence-electron chi connectivity index (χ4n) is 2.09. The van der Waals surface area contributed by atoms with E-state index in [9.17, 15) is 4.39 Å². The van der Waals surface area contributed by atoms with Gasteiger partial charge in [-0.3, -0.25) is 0 Å². The van der Waals surface area contributed by atoms with Crippen LogP contribution in [0.4, 0.5) is 10.2 Å². The molecule has 1 aliphatic rings. The lowest BCUT2D eigenvalue weighted by Gasteiger charge is -2.21. The number of nitrogens with zero attached hydrogens (tertiary/aromatic N) is 1. The van der Waals surface area contributed by atoms with Crippen LogP contribution in [0.25, 0.3) is 0 Å². The minimum Gasteiger partial charge on any atom is -0.363 e. The highest BCUT2D eigenvalue weighted by Gasteiger charge is 2.22. The molecule has 1 heterocycles. The molecule has 4 heteroatoms. The Morgan fingerprint density at radius 1 is 1.31 bits per heavy atom. The van der Waals surface area contributed by atoms with Crippen molar-refractivity contribution < 1.29 is 4.39 Å². The third-order valence-electron chi connectivity index (χ3n) is 3.01. The van der Waals surface area contributed by atoms with Crippen LogP contribution in [0.1, 0.15) is 32.1 Å². The monoisotopic (exact) mass is 242 g/mol. The zero-order chi connectivity index (χ0) is 11.4. The molecule has 1 saturated carbocycles. The van der Waals surface area contributed by atoms with Crippen molar-refractivity contribution in [1.29, 1.82) is 0 Å². The van der Waals surface area contributed by atoms with Crippen LogP contribution in [0.3, 0.4) is 0 Å². The predicted octanol–water partition coefficient (Wildman–Crippen LogP) is 3.57. The molecule has 2 unspecified atom stereocenters. The smallest absolute Gasteiger partial charge is 0.165 e. The quantitative estimate of drug-likeness (QED) is 0.634. The molecule has 0 radical (unpaired) electrons. The summed E-state index contributed by atoms with van der Waals surface area (Å²) in [6, 6.07) is 3.13. The Kier molecular flexibility index (Phi) is 3.99. The summed E-state index contributed by atoms with van der Waals surface area (Å²) >= 11 is 6.28. The van der Waals surface area contributed by atoms with Crippen LogP contribution in [-0.2, 0) is 0 Å². The molecule has 0 aromatic carbocycles. The first-order valence-corrected chi connectivity index (χ1v) is 6.22. The highest BCUT2D eigenvalue weighted by Crippen LogP contribution is 2.25. The Hall–Kier alpha value is -0.830. The predicted molar refractivity (Wildman–Crippen MR) is 64.3 cm³/mol. The summed E-state index contributed by atoms with van der Waals surface area (Å²) in [6.07, 6.45) is 7.10. The topological polar surface area (TPSA) is 24.9 Å². The van der Waals surface area contributed by atoms with Gasteiger partial charge < -0.3 is 5.32 Å². The number of anilines is 1. The molecule has 1 aromatic rings. The van der Waals surface area contributed by atoms with Gasteiger partial charge in [-0.25, -0.2) is 9.37 Å². The molecule has 0 aliphatic heterocycles. The van der Waals surface area contributed by atoms with Gasteiger partial charge in [-0.15, -0.1) is 11.6 Å². The summed E-state index contributed by atoms with van der Waals surface area (Å²) in [7, 11) is 0. The summed E-state index contributed by atoms with van der Waals surface area (Å²) in [4.78, 5) is 3.99. The molecule has 2 atom stereocenters. The van der Waals surface area contributed by atoms with Gasteiger partial charge in [0.1, 0.15) is 0 Å². The summed E-state index contributed by atoms with van der Waals surface area (Å²) < 4.78 is 13.4. The molecule has 1 fully saturated rings. The van der Waals surface area contributed by atoms with E-state index in [-0.39, 0.29) is 17.2 Å². The van der Waals surface area contributed by atoms with Gasteiger partial charge in [-0.1, -0.05) is 19.3 Å². The van der Waals surface area contributed by atoms with Crippen molar-refractivity contribution in [3.63, 3.8) is 0 Å². The first-order valence-electron chi connectivity index (χ1n) is 5.78. The van der Waals surface area contributed by atoms with Crippen molar-refractivity contribution in [3.05, 3.63) is 24.1 Å². The second-order valence-electron chi connectivity index (χ2n) is 4.24. The van der Waals surface area contributed by atoms with Crippen molar-refractivity contribution >= 4 is 17.4 Å². The largest absolute Gasteiger partial charge is 0.363 e. The number of halogens is 2. The van der Waals surface area contributed by atoms with E-state index in [0.29, 0.717) is 5.82 Å². The van der Waals surface area contributed by atoms with Gasteiger partial charge in [0.25, 0.3) is 0 Å². The van der Waals surface area contributed by atoms with E-state index in [0.717, 1.165) is 25.7 Å². The number of alkyl halides is 1. The average Bonchev–Trinajstić information content (AvgIpc) is 2.48. The minimum absolute atomic E-state index is 0.0731. The Morgan fingerprint density at radius 3 is 2.94 bits per heavy atom. The molecule has 0 amide bonds. The van der Waals surface area contributed by atoms with E-state index >= 15 is 0 Å². The molecule has 0 saturated heterocycles. The Balaban J connectivity index is 2.05. The number of pyridine rings is 1. The van der Waals surface area contributed by atoms with Crippen molar-refractivity contribution in [1.82, 2.24) is 4.98 Å². The second kappa shape index (κ2) is 5.48. The number of aromatic nitrogens is 1. The van der Waals surface area contributed by atoms with E-state index in [4.69, 9.17) is 11.6 Å². The number of hydrogen-bond acceptors (Lipinski definition) is 2. The molecular formula is C12H16ClFN2. The first kappa shape index (κ1) is 11.6. The summed E-state index contributed by atoms with van der Waals surface area (Å²) in [6.45, 7) is 0. The van der Waals surface area contributed by atoms with Gasteiger partial charge >= 0.3 is 0 Å². The maximum atomic E-state index is 13.4. The highest BCUT2D eigenvalue weighted by atomic mass is 35.5. The lowest BCUT2D eigenvalue weighted by atomic mass is 10.1. The minimum atomic E-state index is -0.310. The van der Waals surface area contributed by atoms with Crippen molar-refractivity contribution in [2.75, 3.05) is 5.32 Å². The molecule has 0 bridgehead atoms. The standard InChI is InChI=1S/C12H16ClFN2/c13-9-5-2-1-3-7-11(9)16-12-10(14)6-4-8-15-12/h4,6,8-9,11H,1-3,5,7H2,(H,15,16). The van der Waals surface area contributed by atoms with Crippen LogP contribution in [0.15, 0.2) is 18.3 Å². The van der Waals surface area contributed by atoms with E-state index < -0.39 is 0 Å². The van der Waals surface area contributed by atoms with Crippen LogP contribution >= 0.6 is 11.6 Å². The highest BCUT2D eigenvalue weighted by molar-refractivity contribution is 6.21. The Morgan fingerprint density at radius 2 is 2.12 bits per heavy atom. The summed E-state index contributed by atoms with van der Waals surface area (Å²) in [5.41, 5.74) is 0. The SMILES string of the molecule is Fc1cccnc1NC1CCCCCC1Cl. The fraction of sp³-hybridized carbons (Fsp3) is 0.583. The van der Waals surface area contributed by atoms with E-state index in [1.54, 1.807) is 12.3 Å². The van der Waals surface area contributed by atoms with Gasteiger partial charge in [0.05, 0.1) is 5.38 Å². The van der Waals surface area contributed by atoms with Crippen LogP contribution in [-0.4, -0.2) is 16.4 Å². The summed E-state index contributed by atoms with van der Waals surface area (Å²) in [5.74, 6) is 0.00987. The Bertz CT molecular complexity index is 346. The van der Waals surface area contributed by atoms with Crippen LogP contribution in [0.2, 0.25) is 0 Å². The molecular weight excluding hydrogens is 227 g/mol. The van der Waals surface area contributed by atoms with Gasteiger partial charge in [0, 0.05) is 12.2 Å². The van der Waals surface area contributed by atoms with Gasteiger partial charge in [0.15, 0.2) is 11.6 Å². The van der Waals surface area contributed by atoms with E-state index in [2.05, 4.69) is 10.3 Å². The van der Waals surface area contributed by atoms with Gasteiger partial charge in [-0.2, -0.15) is 0 Å². The molecule has 0 spiro atoms. The van der Waals surface area contributed by atoms with Crippen molar-refractivity contribution in [2.24, 2.45) is 0 Å². The fourth-order valence-corrected chi connectivity index (χ4v) is 2.44. The van der Waals surface area contributed by atoms with E-state index in [1.165, 1.54) is 12.5 Å². The molecule has 1 N–H and O–H groups in total. The van der Waals surface area contributed by atoms with Crippen LogP contribution in [0, 0.1) is 5.82 Å². The maximum absolute atomic E-state index is 13.4. The van der Waals surface area contributed by atoms with Crippen molar-refractivity contribution in [3.8, 4) is 0 Å². The number of hydrogen-bond donors (Lipinski definition) is 1.